The van der Waals surface area contributed by atoms with Crippen LogP contribution in [0.15, 0.2) is 28.0 Å². The van der Waals surface area contributed by atoms with Crippen LogP contribution >= 0.6 is 11.8 Å². The Balaban J connectivity index is 1.69. The zero-order valence-electron chi connectivity index (χ0n) is 14.9. The molecule has 0 bridgehead atoms. The van der Waals surface area contributed by atoms with Crippen molar-refractivity contribution in [3.8, 4) is 0 Å². The maximum Gasteiger partial charge on any atom is 0.237 e. The van der Waals surface area contributed by atoms with E-state index in [4.69, 9.17) is 0 Å². The molecule has 142 valence electrons. The minimum absolute atomic E-state index is 0.00155. The van der Waals surface area contributed by atoms with Crippen molar-refractivity contribution in [3.63, 3.8) is 0 Å². The first-order chi connectivity index (χ1) is 12.4. The molecular weight excluding hydrogens is 372 g/mol. The molecule has 3 rings (SSSR count). The van der Waals surface area contributed by atoms with E-state index in [1.165, 1.54) is 17.8 Å². The lowest BCUT2D eigenvalue weighted by Gasteiger charge is -2.26. The molecule has 0 saturated carbocycles. The molecule has 0 radical (unpaired) electrons. The zero-order valence-corrected chi connectivity index (χ0v) is 16.5. The Bertz CT molecular complexity index is 801. The van der Waals surface area contributed by atoms with Crippen molar-refractivity contribution in [2.75, 3.05) is 24.2 Å². The number of nitrogens with zero attached hydrogens (tertiary/aromatic N) is 1. The van der Waals surface area contributed by atoms with Crippen LogP contribution < -0.4 is 5.32 Å². The molecule has 8 heteroatoms. The summed E-state index contributed by atoms with van der Waals surface area (Å²) < 4.78 is 25.2. The second-order valence-corrected chi connectivity index (χ2v) is 10.0. The number of carbonyl (C=O) groups excluding carboxylic acids is 2. The number of rotatable bonds is 5. The molecule has 1 aromatic rings. The number of sulfone groups is 1. The number of piperidine rings is 1. The number of thioether (sulfide) groups is 1. The minimum atomic E-state index is -3.57. The molecular formula is C18H24N2O4S2. The summed E-state index contributed by atoms with van der Waals surface area (Å²) in [5, 5.41) is 2.64. The van der Waals surface area contributed by atoms with Crippen LogP contribution in [0.2, 0.25) is 0 Å². The molecule has 2 aliphatic rings. The van der Waals surface area contributed by atoms with Crippen LogP contribution in [-0.2, 0) is 19.4 Å². The lowest BCUT2D eigenvalue weighted by atomic mass is 10.1. The van der Waals surface area contributed by atoms with Crippen molar-refractivity contribution in [3.05, 3.63) is 18.2 Å². The van der Waals surface area contributed by atoms with E-state index >= 15 is 0 Å². The van der Waals surface area contributed by atoms with Gasteiger partial charge in [-0.2, -0.15) is 0 Å². The van der Waals surface area contributed by atoms with Gasteiger partial charge in [-0.3, -0.25) is 9.59 Å². The minimum Gasteiger partial charge on any atom is -0.343 e. The van der Waals surface area contributed by atoms with Crippen LogP contribution in [0.1, 0.15) is 39.0 Å². The first-order valence-electron chi connectivity index (χ1n) is 9.03. The van der Waals surface area contributed by atoms with E-state index in [1.54, 1.807) is 17.0 Å². The second kappa shape index (κ2) is 8.00. The van der Waals surface area contributed by atoms with Crippen molar-refractivity contribution in [1.82, 2.24) is 4.90 Å². The lowest BCUT2D eigenvalue weighted by Crippen LogP contribution is -2.36. The largest absolute Gasteiger partial charge is 0.343 e. The van der Waals surface area contributed by atoms with E-state index in [2.05, 4.69) is 5.32 Å². The molecule has 0 aliphatic carbocycles. The fraction of sp³-hybridized carbons (Fsp3) is 0.556. The summed E-state index contributed by atoms with van der Waals surface area (Å²) in [5.74, 6) is -0.402. The molecule has 26 heavy (non-hydrogen) atoms. The standard InChI is InChI=1S/C18H24N2O4S2/c1-2-15-18(22)19-14-12-13(6-7-16(14)25-15)26(23,24)11-8-17(21)20-9-4-3-5-10-20/h6-7,12,15H,2-5,8-11H2,1H3,(H,19,22)/t15-/m0/s1. The molecule has 0 unspecified atom stereocenters. The Morgan fingerprint density at radius 1 is 1.27 bits per heavy atom. The van der Waals surface area contributed by atoms with Crippen molar-refractivity contribution < 1.29 is 18.0 Å². The zero-order chi connectivity index (χ0) is 18.7. The summed E-state index contributed by atoms with van der Waals surface area (Å²) in [4.78, 5) is 27.0. The third kappa shape index (κ3) is 4.23. The fourth-order valence-corrected chi connectivity index (χ4v) is 5.51. The highest BCUT2D eigenvalue weighted by molar-refractivity contribution is 8.01. The number of likely N-dealkylation sites (tertiary alicyclic amines) is 1. The quantitative estimate of drug-likeness (QED) is 0.827. The number of carbonyl (C=O) groups is 2. The Morgan fingerprint density at radius 2 is 2.00 bits per heavy atom. The molecule has 0 spiro atoms. The SMILES string of the molecule is CC[C@@H]1Sc2ccc(S(=O)(=O)CCC(=O)N3CCCCC3)cc2NC1=O. The monoisotopic (exact) mass is 396 g/mol. The van der Waals surface area contributed by atoms with Gasteiger partial charge in [0.1, 0.15) is 0 Å². The summed E-state index contributed by atoms with van der Waals surface area (Å²) in [5.41, 5.74) is 0.535. The molecule has 2 aliphatic heterocycles. The molecule has 2 heterocycles. The molecule has 6 nitrogen and oxygen atoms in total. The van der Waals surface area contributed by atoms with Gasteiger partial charge >= 0.3 is 0 Å². The summed E-state index contributed by atoms with van der Waals surface area (Å²) in [6.45, 7) is 3.39. The van der Waals surface area contributed by atoms with Crippen LogP contribution in [0, 0.1) is 0 Å². The van der Waals surface area contributed by atoms with Crippen LogP contribution in [0.5, 0.6) is 0 Å². The first-order valence-corrected chi connectivity index (χ1v) is 11.6. The highest BCUT2D eigenvalue weighted by Gasteiger charge is 2.27. The predicted molar refractivity (Wildman–Crippen MR) is 102 cm³/mol. The molecule has 2 amide bonds. The Kier molecular flexibility index (Phi) is 5.92. The summed E-state index contributed by atoms with van der Waals surface area (Å²) >= 11 is 1.45. The van der Waals surface area contributed by atoms with E-state index in [0.717, 1.165) is 37.2 Å². The van der Waals surface area contributed by atoms with Crippen LogP contribution in [0.4, 0.5) is 5.69 Å². The first kappa shape index (κ1) is 19.2. The number of amides is 2. The molecule has 1 saturated heterocycles. The van der Waals surface area contributed by atoms with Crippen molar-refractivity contribution in [1.29, 1.82) is 0 Å². The van der Waals surface area contributed by atoms with E-state index in [-0.39, 0.29) is 34.1 Å². The number of anilines is 1. The summed E-state index contributed by atoms with van der Waals surface area (Å²) in [6.07, 6.45) is 3.81. The molecule has 1 aromatic carbocycles. The molecule has 0 aromatic heterocycles. The lowest BCUT2D eigenvalue weighted by molar-refractivity contribution is -0.131. The Labute approximate surface area is 158 Å². The Morgan fingerprint density at radius 3 is 2.69 bits per heavy atom. The van der Waals surface area contributed by atoms with Crippen LogP contribution in [-0.4, -0.2) is 49.2 Å². The average Bonchev–Trinajstić information content (AvgIpc) is 2.65. The normalized spacial score (nSPS) is 20.4. The van der Waals surface area contributed by atoms with Gasteiger partial charge in [-0.05, 0) is 43.9 Å². The van der Waals surface area contributed by atoms with E-state index in [1.807, 2.05) is 6.92 Å². The van der Waals surface area contributed by atoms with Gasteiger partial charge in [-0.15, -0.1) is 11.8 Å². The van der Waals surface area contributed by atoms with Gasteiger partial charge in [0, 0.05) is 24.4 Å². The van der Waals surface area contributed by atoms with Crippen molar-refractivity contribution in [2.24, 2.45) is 0 Å². The smallest absolute Gasteiger partial charge is 0.237 e. The van der Waals surface area contributed by atoms with Gasteiger partial charge in [-0.1, -0.05) is 6.92 Å². The molecule has 1 N–H and O–H groups in total. The number of hydrogen-bond donors (Lipinski definition) is 1. The maximum atomic E-state index is 12.6. The highest BCUT2D eigenvalue weighted by Crippen LogP contribution is 2.38. The second-order valence-electron chi connectivity index (χ2n) is 6.67. The fourth-order valence-electron chi connectivity index (χ4n) is 3.23. The van der Waals surface area contributed by atoms with Crippen molar-refractivity contribution in [2.45, 2.75) is 54.1 Å². The van der Waals surface area contributed by atoms with Gasteiger partial charge in [-0.25, -0.2) is 8.42 Å². The van der Waals surface area contributed by atoms with Gasteiger partial charge in [0.05, 0.1) is 21.6 Å². The third-order valence-corrected chi connectivity index (χ3v) is 7.95. The van der Waals surface area contributed by atoms with E-state index < -0.39 is 9.84 Å². The Hall–Kier alpha value is -1.54. The summed E-state index contributed by atoms with van der Waals surface area (Å²) in [6, 6.07) is 4.81. The van der Waals surface area contributed by atoms with Crippen molar-refractivity contribution >= 4 is 39.1 Å². The van der Waals surface area contributed by atoms with Gasteiger partial charge in [0.15, 0.2) is 9.84 Å². The topological polar surface area (TPSA) is 83.6 Å². The molecule has 1 atom stereocenters. The highest BCUT2D eigenvalue weighted by atomic mass is 32.2. The summed E-state index contributed by atoms with van der Waals surface area (Å²) in [7, 11) is -3.57. The number of fused-ring (bicyclic) bond motifs is 1. The van der Waals surface area contributed by atoms with Crippen LogP contribution in [0.25, 0.3) is 0 Å². The number of benzene rings is 1. The van der Waals surface area contributed by atoms with Gasteiger partial charge in [0.2, 0.25) is 11.8 Å². The number of nitrogens with one attached hydrogen (secondary N) is 1. The maximum absolute atomic E-state index is 12.6. The predicted octanol–water partition coefficient (Wildman–Crippen LogP) is 2.69. The van der Waals surface area contributed by atoms with E-state index in [0.29, 0.717) is 12.1 Å². The number of hydrogen-bond acceptors (Lipinski definition) is 5. The van der Waals surface area contributed by atoms with Gasteiger partial charge < -0.3 is 10.2 Å². The van der Waals surface area contributed by atoms with E-state index in [9.17, 15) is 18.0 Å². The molecule has 1 fully saturated rings. The average molecular weight is 397 g/mol. The third-order valence-electron chi connectivity index (χ3n) is 4.79. The van der Waals surface area contributed by atoms with Gasteiger partial charge in [0.25, 0.3) is 0 Å². The van der Waals surface area contributed by atoms with Crippen LogP contribution in [0.3, 0.4) is 0 Å².